The summed E-state index contributed by atoms with van der Waals surface area (Å²) in [6, 6.07) is 4.36. The van der Waals surface area contributed by atoms with Crippen molar-refractivity contribution < 1.29 is 19.0 Å². The zero-order valence-electron chi connectivity index (χ0n) is 16.7. The topological polar surface area (TPSA) is 79.0 Å². The number of piperidine rings is 1. The van der Waals surface area contributed by atoms with Gasteiger partial charge in [0.05, 0.1) is 31.4 Å². The second-order valence-corrected chi connectivity index (χ2v) is 8.95. The Bertz CT molecular complexity index is 752. The Morgan fingerprint density at radius 1 is 1.32 bits per heavy atom. The number of nitrogen functional groups attached to an aromatic ring is 1. The maximum absolute atomic E-state index is 14.3. The van der Waals surface area contributed by atoms with Crippen LogP contribution in [0.5, 0.6) is 0 Å². The van der Waals surface area contributed by atoms with E-state index in [2.05, 4.69) is 4.90 Å². The fraction of sp³-hybridized carbons (Fsp3) is 0.667. The van der Waals surface area contributed by atoms with E-state index in [1.807, 2.05) is 12.1 Å². The SMILES string of the molecule is CC(C)(O)[C@H](F)CN1Cc2cc(N)c(C3CCN(C4COC4)CC3)cc2C1=O. The Morgan fingerprint density at radius 3 is 2.57 bits per heavy atom. The number of hydrogen-bond acceptors (Lipinski definition) is 5. The van der Waals surface area contributed by atoms with Crippen LogP contribution >= 0.6 is 0 Å². The molecule has 154 valence electrons. The first-order chi connectivity index (χ1) is 13.2. The number of likely N-dealkylation sites (tertiary alicyclic amines) is 1. The summed E-state index contributed by atoms with van der Waals surface area (Å²) in [4.78, 5) is 16.8. The van der Waals surface area contributed by atoms with Gasteiger partial charge in [-0.05, 0) is 69.0 Å². The molecule has 0 bridgehead atoms. The number of amides is 1. The van der Waals surface area contributed by atoms with Gasteiger partial charge in [-0.25, -0.2) is 4.39 Å². The second-order valence-electron chi connectivity index (χ2n) is 8.95. The van der Waals surface area contributed by atoms with Crippen molar-refractivity contribution in [3.63, 3.8) is 0 Å². The molecule has 0 unspecified atom stereocenters. The number of rotatable bonds is 5. The van der Waals surface area contributed by atoms with Crippen molar-refractivity contribution in [2.45, 2.75) is 57.0 Å². The van der Waals surface area contributed by atoms with Crippen LogP contribution in [-0.2, 0) is 11.3 Å². The Morgan fingerprint density at radius 2 is 2.00 bits per heavy atom. The Kier molecular flexibility index (Phi) is 5.10. The smallest absolute Gasteiger partial charge is 0.254 e. The molecule has 3 aliphatic heterocycles. The van der Waals surface area contributed by atoms with Crippen LogP contribution in [0.15, 0.2) is 12.1 Å². The molecule has 3 aliphatic rings. The lowest BCUT2D eigenvalue weighted by molar-refractivity contribution is -0.0712. The van der Waals surface area contributed by atoms with E-state index in [9.17, 15) is 14.3 Å². The van der Waals surface area contributed by atoms with Gasteiger partial charge in [0.15, 0.2) is 0 Å². The molecule has 1 atom stereocenters. The second kappa shape index (κ2) is 7.28. The molecule has 7 heteroatoms. The molecule has 4 rings (SSSR count). The highest BCUT2D eigenvalue weighted by Gasteiger charge is 2.36. The quantitative estimate of drug-likeness (QED) is 0.750. The number of carbonyl (C=O) groups is 1. The average molecular weight is 391 g/mol. The van der Waals surface area contributed by atoms with E-state index in [0.29, 0.717) is 24.1 Å². The number of fused-ring (bicyclic) bond motifs is 1. The standard InChI is InChI=1S/C21H30FN3O3/c1-21(2,27)19(22)10-25-9-14-7-18(23)16(8-17(14)20(25)26)13-3-5-24(6-4-13)15-11-28-12-15/h7-8,13,15,19,27H,3-6,9-12,23H2,1-2H3/t19-/m1/s1. The Labute approximate surface area is 165 Å². The summed E-state index contributed by atoms with van der Waals surface area (Å²) in [6.45, 7) is 6.76. The number of nitrogens with zero attached hydrogens (tertiary/aromatic N) is 2. The lowest BCUT2D eigenvalue weighted by atomic mass is 9.86. The van der Waals surface area contributed by atoms with Crippen LogP contribution < -0.4 is 5.73 Å². The van der Waals surface area contributed by atoms with Gasteiger partial charge in [-0.1, -0.05) is 0 Å². The van der Waals surface area contributed by atoms with Crippen molar-refractivity contribution in [2.24, 2.45) is 0 Å². The third-order valence-corrected chi connectivity index (χ3v) is 6.44. The van der Waals surface area contributed by atoms with Gasteiger partial charge in [0.1, 0.15) is 6.17 Å². The lowest BCUT2D eigenvalue weighted by Crippen LogP contribution is -2.51. The Hall–Kier alpha value is -1.70. The predicted molar refractivity (Wildman–Crippen MR) is 105 cm³/mol. The van der Waals surface area contributed by atoms with E-state index in [1.54, 1.807) is 0 Å². The normalized spacial score (nSPS) is 23.0. The number of hydrogen-bond donors (Lipinski definition) is 2. The van der Waals surface area contributed by atoms with Crippen molar-refractivity contribution in [2.75, 3.05) is 38.6 Å². The van der Waals surface area contributed by atoms with Crippen molar-refractivity contribution >= 4 is 11.6 Å². The molecular weight excluding hydrogens is 361 g/mol. The molecule has 28 heavy (non-hydrogen) atoms. The van der Waals surface area contributed by atoms with Gasteiger partial charge in [0, 0.05) is 17.8 Å². The van der Waals surface area contributed by atoms with E-state index in [1.165, 1.54) is 18.7 Å². The molecule has 1 amide bonds. The summed E-state index contributed by atoms with van der Waals surface area (Å²) in [5.41, 5.74) is 8.10. The van der Waals surface area contributed by atoms with E-state index in [-0.39, 0.29) is 12.5 Å². The van der Waals surface area contributed by atoms with Crippen molar-refractivity contribution in [1.29, 1.82) is 0 Å². The van der Waals surface area contributed by atoms with Crippen LogP contribution in [0.1, 0.15) is 54.1 Å². The fourth-order valence-electron chi connectivity index (χ4n) is 4.39. The zero-order valence-corrected chi connectivity index (χ0v) is 16.7. The molecule has 2 fully saturated rings. The fourth-order valence-corrected chi connectivity index (χ4v) is 4.39. The molecule has 0 spiro atoms. The molecule has 2 saturated heterocycles. The van der Waals surface area contributed by atoms with Gasteiger partial charge in [-0.3, -0.25) is 9.69 Å². The summed E-state index contributed by atoms with van der Waals surface area (Å²) < 4.78 is 19.6. The highest BCUT2D eigenvalue weighted by atomic mass is 19.1. The number of benzene rings is 1. The third-order valence-electron chi connectivity index (χ3n) is 6.44. The molecule has 1 aromatic carbocycles. The number of ether oxygens (including phenoxy) is 1. The van der Waals surface area contributed by atoms with E-state index < -0.39 is 11.8 Å². The minimum absolute atomic E-state index is 0.117. The van der Waals surface area contributed by atoms with Gasteiger partial charge in [0.2, 0.25) is 0 Å². The predicted octanol–water partition coefficient (Wildman–Crippen LogP) is 1.91. The summed E-state index contributed by atoms with van der Waals surface area (Å²) >= 11 is 0. The molecule has 0 aliphatic carbocycles. The summed E-state index contributed by atoms with van der Waals surface area (Å²) in [5, 5.41) is 9.85. The summed E-state index contributed by atoms with van der Waals surface area (Å²) in [6.07, 6.45) is 0.535. The first kappa shape index (κ1) is 19.6. The van der Waals surface area contributed by atoms with Crippen molar-refractivity contribution in [3.05, 3.63) is 28.8 Å². The minimum atomic E-state index is -1.50. The zero-order chi connectivity index (χ0) is 20.1. The first-order valence-electron chi connectivity index (χ1n) is 10.1. The van der Waals surface area contributed by atoms with Crippen molar-refractivity contribution in [1.82, 2.24) is 9.80 Å². The maximum Gasteiger partial charge on any atom is 0.254 e. The molecule has 6 nitrogen and oxygen atoms in total. The molecule has 3 N–H and O–H groups in total. The monoisotopic (exact) mass is 391 g/mol. The maximum atomic E-state index is 14.3. The molecular formula is C21H30FN3O3. The van der Waals surface area contributed by atoms with Gasteiger partial charge in [-0.15, -0.1) is 0 Å². The largest absolute Gasteiger partial charge is 0.398 e. The minimum Gasteiger partial charge on any atom is -0.398 e. The van der Waals surface area contributed by atoms with Gasteiger partial charge >= 0.3 is 0 Å². The molecule has 0 aromatic heterocycles. The number of carbonyl (C=O) groups excluding carboxylic acids is 1. The first-order valence-corrected chi connectivity index (χ1v) is 10.1. The highest BCUT2D eigenvalue weighted by molar-refractivity contribution is 5.99. The van der Waals surface area contributed by atoms with Crippen LogP contribution in [0.2, 0.25) is 0 Å². The number of aliphatic hydroxyl groups is 1. The van der Waals surface area contributed by atoms with Gasteiger partial charge < -0.3 is 20.5 Å². The Balaban J connectivity index is 1.46. The number of alkyl halides is 1. The van der Waals surface area contributed by atoms with E-state index in [4.69, 9.17) is 10.5 Å². The van der Waals surface area contributed by atoms with Crippen LogP contribution in [0.3, 0.4) is 0 Å². The van der Waals surface area contributed by atoms with Crippen molar-refractivity contribution in [3.8, 4) is 0 Å². The van der Waals surface area contributed by atoms with Gasteiger partial charge in [0.25, 0.3) is 5.91 Å². The van der Waals surface area contributed by atoms with Crippen LogP contribution in [-0.4, -0.2) is 71.5 Å². The molecule has 1 aromatic rings. The number of anilines is 1. The summed E-state index contributed by atoms with van der Waals surface area (Å²) in [7, 11) is 0. The van der Waals surface area contributed by atoms with Crippen LogP contribution in [0.4, 0.5) is 10.1 Å². The third kappa shape index (κ3) is 3.63. The van der Waals surface area contributed by atoms with E-state index >= 15 is 0 Å². The van der Waals surface area contributed by atoms with Crippen LogP contribution in [0.25, 0.3) is 0 Å². The molecule has 0 saturated carbocycles. The average Bonchev–Trinajstić information content (AvgIpc) is 2.88. The number of nitrogens with two attached hydrogens (primary N) is 1. The highest BCUT2D eigenvalue weighted by Crippen LogP contribution is 2.37. The molecule has 3 heterocycles. The lowest BCUT2D eigenvalue weighted by Gasteiger charge is -2.41. The molecule has 0 radical (unpaired) electrons. The summed E-state index contributed by atoms with van der Waals surface area (Å²) in [5.74, 6) is 0.168. The van der Waals surface area contributed by atoms with Gasteiger partial charge in [-0.2, -0.15) is 0 Å². The van der Waals surface area contributed by atoms with Crippen LogP contribution in [0, 0.1) is 0 Å². The number of halogens is 1. The van der Waals surface area contributed by atoms with E-state index in [0.717, 1.165) is 56.0 Å².